The van der Waals surface area contributed by atoms with Crippen molar-refractivity contribution in [3.63, 3.8) is 0 Å². The van der Waals surface area contributed by atoms with Crippen molar-refractivity contribution in [3.05, 3.63) is 29.8 Å². The van der Waals surface area contributed by atoms with Gasteiger partial charge in [-0.05, 0) is 25.5 Å². The summed E-state index contributed by atoms with van der Waals surface area (Å²) < 4.78 is 40.2. The molecule has 6 heteroatoms. The maximum absolute atomic E-state index is 11.9. The maximum Gasteiger partial charge on any atom is 0.309 e. The second-order valence-corrected chi connectivity index (χ2v) is 6.53. The number of unbranched alkanes of at least 4 members (excludes halogenated alkanes) is 1. The van der Waals surface area contributed by atoms with Crippen LogP contribution in [-0.4, -0.2) is 27.4 Å². The molecule has 0 aliphatic carbocycles. The van der Waals surface area contributed by atoms with Gasteiger partial charge in [-0.3, -0.25) is 0 Å². The fourth-order valence-corrected chi connectivity index (χ4v) is 3.23. The summed E-state index contributed by atoms with van der Waals surface area (Å²) in [5.41, 5.74) is 0.595. The molecule has 112 valence electrons. The van der Waals surface area contributed by atoms with Crippen LogP contribution < -0.4 is 4.18 Å². The monoisotopic (exact) mass is 300 g/mol. The second kappa shape index (κ2) is 6.11. The number of rotatable bonds is 6. The van der Waals surface area contributed by atoms with Crippen LogP contribution in [-0.2, 0) is 25.4 Å². The van der Waals surface area contributed by atoms with Crippen molar-refractivity contribution in [1.29, 1.82) is 0 Å². The molecular weight excluding hydrogens is 280 g/mol. The molecule has 1 aromatic carbocycles. The molecule has 1 aliphatic rings. The van der Waals surface area contributed by atoms with Gasteiger partial charge in [-0.25, -0.2) is 0 Å². The molecule has 1 saturated heterocycles. The van der Waals surface area contributed by atoms with Crippen LogP contribution in [0.1, 0.15) is 32.3 Å². The lowest BCUT2D eigenvalue weighted by atomic mass is 10.1. The normalized spacial score (nSPS) is 18.1. The Kier molecular flexibility index (Phi) is 4.67. The maximum atomic E-state index is 11.9. The van der Waals surface area contributed by atoms with E-state index in [-0.39, 0.29) is 11.5 Å². The zero-order valence-corrected chi connectivity index (χ0v) is 12.6. The largest absolute Gasteiger partial charge is 0.382 e. The predicted molar refractivity (Wildman–Crippen MR) is 75.0 cm³/mol. The van der Waals surface area contributed by atoms with Gasteiger partial charge in [0.1, 0.15) is 0 Å². The van der Waals surface area contributed by atoms with E-state index in [1.165, 1.54) is 0 Å². The van der Waals surface area contributed by atoms with Gasteiger partial charge in [-0.1, -0.05) is 25.5 Å². The quantitative estimate of drug-likeness (QED) is 0.755. The molecule has 0 aromatic heterocycles. The number of benzene rings is 1. The predicted octanol–water partition coefficient (Wildman–Crippen LogP) is 2.41. The molecule has 0 saturated carbocycles. The summed E-state index contributed by atoms with van der Waals surface area (Å²) in [6, 6.07) is 6.91. The van der Waals surface area contributed by atoms with Gasteiger partial charge in [0.15, 0.2) is 11.5 Å². The highest BCUT2D eigenvalue weighted by molar-refractivity contribution is 7.87. The van der Waals surface area contributed by atoms with Gasteiger partial charge in [0.25, 0.3) is 0 Å². The van der Waals surface area contributed by atoms with Gasteiger partial charge in [0, 0.05) is 0 Å². The second-order valence-electron chi connectivity index (χ2n) is 4.84. The first kappa shape index (κ1) is 15.3. The number of ether oxygens (including phenoxy) is 2. The van der Waals surface area contributed by atoms with E-state index in [0.29, 0.717) is 25.2 Å². The summed E-state index contributed by atoms with van der Waals surface area (Å²) in [4.78, 5) is 0. The minimum atomic E-state index is -3.59. The third kappa shape index (κ3) is 3.50. The average Bonchev–Trinajstić information content (AvgIpc) is 2.85. The summed E-state index contributed by atoms with van der Waals surface area (Å²) in [7, 11) is -3.59. The number of hydrogen-bond donors (Lipinski definition) is 0. The Morgan fingerprint density at radius 2 is 1.90 bits per heavy atom. The number of hydrogen-bond acceptors (Lipinski definition) is 5. The van der Waals surface area contributed by atoms with Gasteiger partial charge in [0.2, 0.25) is 0 Å². The SMILES string of the molecule is CCCCS(=O)(=O)Oc1ccccc1C1(C)OCCO1. The molecule has 5 nitrogen and oxygen atoms in total. The van der Waals surface area contributed by atoms with Crippen molar-refractivity contribution >= 4 is 10.1 Å². The van der Waals surface area contributed by atoms with Gasteiger partial charge in [0.05, 0.1) is 24.5 Å². The molecule has 0 radical (unpaired) electrons. The van der Waals surface area contributed by atoms with E-state index in [2.05, 4.69) is 0 Å². The van der Waals surface area contributed by atoms with E-state index in [9.17, 15) is 8.42 Å². The van der Waals surface area contributed by atoms with Crippen LogP contribution in [0.4, 0.5) is 0 Å². The third-order valence-corrected chi connectivity index (χ3v) is 4.40. The van der Waals surface area contributed by atoms with E-state index in [4.69, 9.17) is 13.7 Å². The zero-order chi connectivity index (χ0) is 14.6. The lowest BCUT2D eigenvalue weighted by molar-refractivity contribution is -0.150. The highest BCUT2D eigenvalue weighted by Gasteiger charge is 2.36. The summed E-state index contributed by atoms with van der Waals surface area (Å²) in [5.74, 6) is -0.666. The fraction of sp³-hybridized carbons (Fsp3) is 0.571. The van der Waals surface area contributed by atoms with Crippen molar-refractivity contribution in [2.24, 2.45) is 0 Å². The Bertz CT molecular complexity index is 546. The van der Waals surface area contributed by atoms with Crippen molar-refractivity contribution in [1.82, 2.24) is 0 Å². The first-order chi connectivity index (χ1) is 9.47. The molecule has 1 aromatic rings. The van der Waals surface area contributed by atoms with Crippen LogP contribution in [0.15, 0.2) is 24.3 Å². The smallest absolute Gasteiger partial charge is 0.309 e. The molecule has 0 atom stereocenters. The summed E-state index contributed by atoms with van der Waals surface area (Å²) in [6.45, 7) is 4.66. The Labute approximate surface area is 120 Å². The molecule has 0 N–H and O–H groups in total. The van der Waals surface area contributed by atoms with Crippen molar-refractivity contribution in [2.75, 3.05) is 19.0 Å². The summed E-state index contributed by atoms with van der Waals surface area (Å²) in [6.07, 6.45) is 1.38. The minimum Gasteiger partial charge on any atom is -0.382 e. The highest BCUT2D eigenvalue weighted by Crippen LogP contribution is 2.37. The van der Waals surface area contributed by atoms with E-state index >= 15 is 0 Å². The lowest BCUT2D eigenvalue weighted by Gasteiger charge is -2.24. The fourth-order valence-electron chi connectivity index (χ4n) is 2.08. The molecule has 0 bridgehead atoms. The highest BCUT2D eigenvalue weighted by atomic mass is 32.2. The lowest BCUT2D eigenvalue weighted by Crippen LogP contribution is -2.24. The Morgan fingerprint density at radius 1 is 1.25 bits per heavy atom. The van der Waals surface area contributed by atoms with E-state index in [1.54, 1.807) is 31.2 Å². The Hall–Kier alpha value is -1.11. The van der Waals surface area contributed by atoms with Crippen LogP contribution in [0.3, 0.4) is 0 Å². The molecule has 2 rings (SSSR count). The van der Waals surface area contributed by atoms with Gasteiger partial charge < -0.3 is 13.7 Å². The number of para-hydroxylation sites is 1. The molecule has 1 fully saturated rings. The van der Waals surface area contributed by atoms with Crippen LogP contribution in [0, 0.1) is 0 Å². The van der Waals surface area contributed by atoms with Crippen molar-refractivity contribution < 1.29 is 22.1 Å². The van der Waals surface area contributed by atoms with E-state index in [1.807, 2.05) is 6.92 Å². The van der Waals surface area contributed by atoms with Crippen LogP contribution >= 0.6 is 0 Å². The molecule has 20 heavy (non-hydrogen) atoms. The van der Waals surface area contributed by atoms with Gasteiger partial charge in [-0.2, -0.15) is 8.42 Å². The third-order valence-electron chi connectivity index (χ3n) is 3.18. The molecule has 1 heterocycles. The molecule has 0 amide bonds. The first-order valence-corrected chi connectivity index (χ1v) is 8.34. The molecular formula is C14H20O5S. The van der Waals surface area contributed by atoms with Gasteiger partial charge >= 0.3 is 10.1 Å². The molecule has 0 unspecified atom stereocenters. The van der Waals surface area contributed by atoms with Gasteiger partial charge in [-0.15, -0.1) is 0 Å². The molecule has 1 aliphatic heterocycles. The Morgan fingerprint density at radius 3 is 2.55 bits per heavy atom. The van der Waals surface area contributed by atoms with E-state index < -0.39 is 15.9 Å². The minimum absolute atomic E-state index is 0.0102. The van der Waals surface area contributed by atoms with Crippen LogP contribution in [0.25, 0.3) is 0 Å². The first-order valence-electron chi connectivity index (χ1n) is 6.76. The average molecular weight is 300 g/mol. The topological polar surface area (TPSA) is 61.8 Å². The molecule has 0 spiro atoms. The van der Waals surface area contributed by atoms with Crippen molar-refractivity contribution in [3.8, 4) is 5.75 Å². The summed E-state index contributed by atoms with van der Waals surface area (Å²) >= 11 is 0. The Balaban J connectivity index is 2.25. The van der Waals surface area contributed by atoms with Crippen LogP contribution in [0.2, 0.25) is 0 Å². The van der Waals surface area contributed by atoms with E-state index in [0.717, 1.165) is 6.42 Å². The summed E-state index contributed by atoms with van der Waals surface area (Å²) in [5, 5.41) is 0. The zero-order valence-electron chi connectivity index (χ0n) is 11.8. The van der Waals surface area contributed by atoms with Crippen molar-refractivity contribution in [2.45, 2.75) is 32.5 Å². The standard InChI is InChI=1S/C14H20O5S/c1-3-4-11-20(15,16)19-13-8-6-5-7-12(13)14(2)17-9-10-18-14/h5-8H,3-4,9-11H2,1-2H3. The van der Waals surface area contributed by atoms with Crippen LogP contribution in [0.5, 0.6) is 5.75 Å².